The Morgan fingerprint density at radius 3 is 2.47 bits per heavy atom. The summed E-state index contributed by atoms with van der Waals surface area (Å²) < 4.78 is 21.0. The monoisotopic (exact) mass is 501 g/mol. The van der Waals surface area contributed by atoms with Gasteiger partial charge in [0, 0.05) is 44.2 Å². The van der Waals surface area contributed by atoms with Crippen molar-refractivity contribution in [1.82, 2.24) is 19.6 Å². The number of aryl methyl sites for hydroxylation is 1. The first-order chi connectivity index (χ1) is 17.3. The van der Waals surface area contributed by atoms with Gasteiger partial charge >= 0.3 is 5.97 Å². The molecule has 1 amide bonds. The number of benzene rings is 1. The van der Waals surface area contributed by atoms with Gasteiger partial charge in [0.2, 0.25) is 5.91 Å². The van der Waals surface area contributed by atoms with Gasteiger partial charge in [-0.25, -0.2) is 9.07 Å². The van der Waals surface area contributed by atoms with Gasteiger partial charge < -0.3 is 19.4 Å². The van der Waals surface area contributed by atoms with Crippen molar-refractivity contribution in [3.05, 3.63) is 41.3 Å². The minimum absolute atomic E-state index is 0.0126. The first-order valence-electron chi connectivity index (χ1n) is 13.1. The Kier molecular flexibility index (Phi) is 9.87. The van der Waals surface area contributed by atoms with Crippen LogP contribution >= 0.6 is 0 Å². The Morgan fingerprint density at radius 2 is 1.86 bits per heavy atom. The molecule has 0 spiro atoms. The van der Waals surface area contributed by atoms with Crippen LogP contribution in [0.1, 0.15) is 58.2 Å². The lowest BCUT2D eigenvalue weighted by Crippen LogP contribution is -2.47. The van der Waals surface area contributed by atoms with Gasteiger partial charge in [0.25, 0.3) is 0 Å². The summed E-state index contributed by atoms with van der Waals surface area (Å²) in [6.45, 7) is 15.1. The molecular formula is C27H40FN5O3. The summed E-state index contributed by atoms with van der Waals surface area (Å²) in [6, 6.07) is 6.43. The van der Waals surface area contributed by atoms with Crippen molar-refractivity contribution in [2.24, 2.45) is 0 Å². The number of esters is 1. The van der Waals surface area contributed by atoms with Gasteiger partial charge in [-0.05, 0) is 51.9 Å². The topological polar surface area (TPSA) is 70.9 Å². The molecule has 8 nitrogen and oxygen atoms in total. The third-order valence-corrected chi connectivity index (χ3v) is 6.95. The van der Waals surface area contributed by atoms with Crippen molar-refractivity contribution in [3.63, 3.8) is 0 Å². The quantitative estimate of drug-likeness (QED) is 0.435. The molecule has 0 radical (unpaired) electrons. The number of amides is 1. The highest BCUT2D eigenvalue weighted by atomic mass is 19.1. The summed E-state index contributed by atoms with van der Waals surface area (Å²) in [5.74, 6) is 0.135. The molecule has 0 N–H and O–H groups in total. The zero-order valence-electron chi connectivity index (χ0n) is 22.3. The molecule has 1 saturated heterocycles. The minimum Gasteiger partial charge on any atom is -0.466 e. The van der Waals surface area contributed by atoms with E-state index >= 15 is 0 Å². The molecule has 1 aliphatic heterocycles. The second kappa shape index (κ2) is 12.9. The lowest BCUT2D eigenvalue weighted by molar-refractivity contribution is -0.146. The Labute approximate surface area is 214 Å². The summed E-state index contributed by atoms with van der Waals surface area (Å²) in [5.41, 5.74) is 2.41. The number of halogens is 1. The number of anilines is 1. The van der Waals surface area contributed by atoms with Gasteiger partial charge in [0.15, 0.2) is 0 Å². The van der Waals surface area contributed by atoms with Crippen molar-refractivity contribution in [1.29, 1.82) is 0 Å². The molecule has 9 heteroatoms. The molecule has 1 aromatic heterocycles. The summed E-state index contributed by atoms with van der Waals surface area (Å²) in [7, 11) is 0. The molecule has 1 fully saturated rings. The van der Waals surface area contributed by atoms with Crippen molar-refractivity contribution in [3.8, 4) is 5.69 Å². The number of ether oxygens (including phenoxy) is 1. The highest BCUT2D eigenvalue weighted by Crippen LogP contribution is 2.31. The molecular weight excluding hydrogens is 461 g/mol. The molecule has 0 unspecified atom stereocenters. The third kappa shape index (κ3) is 6.63. The standard InChI is InChI=1S/C27H40FN5O3/c1-6-20(4)32(25(34)12-13-26(35)36-8-3)19-24-21(5)29-33(23-11-9-10-22(28)18-23)27(24)31-16-14-30(7-2)15-17-31/h9-11,18,20H,6-8,12-17,19H2,1-5H3/t20-/m0/s1. The Balaban J connectivity index is 1.97. The van der Waals surface area contributed by atoms with Crippen LogP contribution in [0.3, 0.4) is 0 Å². The fourth-order valence-corrected chi connectivity index (χ4v) is 4.59. The second-order valence-electron chi connectivity index (χ2n) is 9.28. The van der Waals surface area contributed by atoms with Gasteiger partial charge in [-0.2, -0.15) is 5.10 Å². The predicted molar refractivity (Wildman–Crippen MR) is 139 cm³/mol. The van der Waals surface area contributed by atoms with Crippen LogP contribution < -0.4 is 4.90 Å². The van der Waals surface area contributed by atoms with Crippen LogP contribution in [0.5, 0.6) is 0 Å². The molecule has 2 aromatic rings. The zero-order chi connectivity index (χ0) is 26.2. The lowest BCUT2D eigenvalue weighted by Gasteiger charge is -2.37. The van der Waals surface area contributed by atoms with E-state index in [1.54, 1.807) is 13.0 Å². The largest absolute Gasteiger partial charge is 0.466 e. The smallest absolute Gasteiger partial charge is 0.306 e. The van der Waals surface area contributed by atoms with Gasteiger partial charge in [0.05, 0.1) is 31.0 Å². The summed E-state index contributed by atoms with van der Waals surface area (Å²) in [5, 5.41) is 4.82. The van der Waals surface area contributed by atoms with Crippen molar-refractivity contribution in [2.75, 3.05) is 44.2 Å². The van der Waals surface area contributed by atoms with E-state index < -0.39 is 0 Å². The van der Waals surface area contributed by atoms with Crippen molar-refractivity contribution < 1.29 is 18.7 Å². The average Bonchev–Trinajstić information content (AvgIpc) is 3.21. The number of aromatic nitrogens is 2. The van der Waals surface area contributed by atoms with E-state index in [0.29, 0.717) is 18.8 Å². The van der Waals surface area contributed by atoms with Crippen LogP contribution in [-0.2, 0) is 20.9 Å². The normalized spacial score (nSPS) is 15.1. The fourth-order valence-electron chi connectivity index (χ4n) is 4.59. The highest BCUT2D eigenvalue weighted by Gasteiger charge is 2.29. The Hall–Kier alpha value is -2.94. The molecule has 3 rings (SSSR count). The maximum absolute atomic E-state index is 14.2. The van der Waals surface area contributed by atoms with E-state index in [2.05, 4.69) is 16.7 Å². The van der Waals surface area contributed by atoms with Crippen LogP contribution in [0.4, 0.5) is 10.2 Å². The molecule has 0 saturated carbocycles. The molecule has 198 valence electrons. The van der Waals surface area contributed by atoms with Crippen LogP contribution in [0.15, 0.2) is 24.3 Å². The summed E-state index contributed by atoms with van der Waals surface area (Å²) >= 11 is 0. The Bertz CT molecular complexity index is 1030. The molecule has 0 aliphatic carbocycles. The van der Waals surface area contributed by atoms with Gasteiger partial charge in [-0.1, -0.05) is 19.9 Å². The maximum atomic E-state index is 14.2. The van der Waals surface area contributed by atoms with Gasteiger partial charge in [0.1, 0.15) is 11.6 Å². The SMILES string of the molecule is CCOC(=O)CCC(=O)N(Cc1c(C)nn(-c2cccc(F)c2)c1N1CCN(CC)CC1)[C@@H](C)CC. The van der Waals surface area contributed by atoms with E-state index in [4.69, 9.17) is 9.84 Å². The predicted octanol–water partition coefficient (Wildman–Crippen LogP) is 3.93. The van der Waals surface area contributed by atoms with E-state index in [0.717, 1.165) is 56.2 Å². The number of carbonyl (C=O) groups is 2. The van der Waals surface area contributed by atoms with Crippen LogP contribution in [0, 0.1) is 12.7 Å². The van der Waals surface area contributed by atoms with Crippen LogP contribution in [0.2, 0.25) is 0 Å². The van der Waals surface area contributed by atoms with Crippen molar-refractivity contribution in [2.45, 2.75) is 66.5 Å². The van der Waals surface area contributed by atoms with E-state index in [-0.39, 0.29) is 36.6 Å². The number of hydrogen-bond acceptors (Lipinski definition) is 6. The minimum atomic E-state index is -0.362. The maximum Gasteiger partial charge on any atom is 0.306 e. The Morgan fingerprint density at radius 1 is 1.14 bits per heavy atom. The fraction of sp³-hybridized carbons (Fsp3) is 0.593. The van der Waals surface area contributed by atoms with Crippen LogP contribution in [0.25, 0.3) is 5.69 Å². The first-order valence-corrected chi connectivity index (χ1v) is 13.1. The van der Waals surface area contributed by atoms with Gasteiger partial charge in [-0.15, -0.1) is 0 Å². The molecule has 36 heavy (non-hydrogen) atoms. The van der Waals surface area contributed by atoms with E-state index in [9.17, 15) is 14.0 Å². The number of rotatable bonds is 11. The highest BCUT2D eigenvalue weighted by molar-refractivity contribution is 5.81. The first kappa shape index (κ1) is 27.6. The molecule has 2 heterocycles. The van der Waals surface area contributed by atoms with Crippen molar-refractivity contribution >= 4 is 17.7 Å². The molecule has 1 aromatic carbocycles. The number of nitrogens with zero attached hydrogens (tertiary/aromatic N) is 5. The number of piperazine rings is 1. The van der Waals surface area contributed by atoms with Gasteiger partial charge in [-0.3, -0.25) is 9.59 Å². The molecule has 1 atom stereocenters. The lowest BCUT2D eigenvalue weighted by atomic mass is 10.1. The third-order valence-electron chi connectivity index (χ3n) is 6.95. The molecule has 0 bridgehead atoms. The zero-order valence-corrected chi connectivity index (χ0v) is 22.3. The van der Waals surface area contributed by atoms with E-state index in [1.807, 2.05) is 36.4 Å². The second-order valence-corrected chi connectivity index (χ2v) is 9.28. The van der Waals surface area contributed by atoms with E-state index in [1.165, 1.54) is 12.1 Å². The average molecular weight is 502 g/mol. The summed E-state index contributed by atoms with van der Waals surface area (Å²) in [6.07, 6.45) is 0.949. The number of hydrogen-bond donors (Lipinski definition) is 0. The number of carbonyl (C=O) groups excluding carboxylic acids is 2. The van der Waals surface area contributed by atoms with Crippen LogP contribution in [-0.4, -0.2) is 76.8 Å². The summed E-state index contributed by atoms with van der Waals surface area (Å²) in [4.78, 5) is 31.7. The number of likely N-dealkylation sites (N-methyl/N-ethyl adjacent to an activating group) is 1. The molecule has 1 aliphatic rings.